The molecule has 1 atom stereocenters. The molecule has 1 aromatic carbocycles. The van der Waals surface area contributed by atoms with Crippen molar-refractivity contribution in [2.75, 3.05) is 45.9 Å². The number of sulfonamides is 1. The van der Waals surface area contributed by atoms with Crippen LogP contribution in [0.3, 0.4) is 0 Å². The number of nitrogens with zero attached hydrogens (tertiary/aromatic N) is 2. The minimum absolute atomic E-state index is 0. The molecule has 0 radical (unpaired) electrons. The molecular formula is C17H24ClN3O5S. The van der Waals surface area contributed by atoms with Crippen molar-refractivity contribution >= 4 is 34.1 Å². The van der Waals surface area contributed by atoms with E-state index >= 15 is 0 Å². The van der Waals surface area contributed by atoms with Gasteiger partial charge in [-0.05, 0) is 19.1 Å². The van der Waals surface area contributed by atoms with Crippen molar-refractivity contribution in [3.05, 3.63) is 29.8 Å². The first-order chi connectivity index (χ1) is 12.4. The minimum atomic E-state index is -3.63. The summed E-state index contributed by atoms with van der Waals surface area (Å²) in [4.78, 5) is 25.6. The molecule has 0 aliphatic carbocycles. The molecule has 1 unspecified atom stereocenters. The molecule has 2 aliphatic rings. The fourth-order valence-corrected chi connectivity index (χ4v) is 4.53. The topological polar surface area (TPSA) is 96.0 Å². The lowest BCUT2D eigenvalue weighted by Crippen LogP contribution is -2.57. The van der Waals surface area contributed by atoms with Crippen LogP contribution in [0.15, 0.2) is 29.2 Å². The second kappa shape index (κ2) is 9.11. The van der Waals surface area contributed by atoms with Crippen molar-refractivity contribution in [2.24, 2.45) is 0 Å². The number of hydrogen-bond acceptors (Lipinski definition) is 6. The van der Waals surface area contributed by atoms with E-state index in [1.165, 1.54) is 35.5 Å². The van der Waals surface area contributed by atoms with Crippen molar-refractivity contribution < 1.29 is 22.7 Å². The number of nitrogens with one attached hydrogen (secondary N) is 1. The molecule has 1 aromatic rings. The average Bonchev–Trinajstić information content (AvgIpc) is 2.68. The van der Waals surface area contributed by atoms with Crippen LogP contribution >= 0.6 is 12.4 Å². The number of piperazine rings is 1. The van der Waals surface area contributed by atoms with E-state index in [9.17, 15) is 18.0 Å². The van der Waals surface area contributed by atoms with Gasteiger partial charge in [0.2, 0.25) is 15.9 Å². The smallest absolute Gasteiger partial charge is 0.243 e. The summed E-state index contributed by atoms with van der Waals surface area (Å²) in [6.45, 7) is 4.21. The van der Waals surface area contributed by atoms with Gasteiger partial charge in [0, 0.05) is 38.3 Å². The molecule has 2 aliphatic heterocycles. The molecule has 1 amide bonds. The molecule has 0 saturated carbocycles. The number of carbonyl (C=O) groups excluding carboxylic acids is 2. The highest BCUT2D eigenvalue weighted by Crippen LogP contribution is 2.19. The molecule has 0 aromatic heterocycles. The molecular weight excluding hydrogens is 394 g/mol. The third-order valence-electron chi connectivity index (χ3n) is 4.67. The Hall–Kier alpha value is -1.52. The lowest BCUT2D eigenvalue weighted by Gasteiger charge is -2.36. The van der Waals surface area contributed by atoms with Gasteiger partial charge in [-0.25, -0.2) is 8.42 Å². The van der Waals surface area contributed by atoms with E-state index < -0.39 is 10.0 Å². The van der Waals surface area contributed by atoms with Gasteiger partial charge < -0.3 is 15.0 Å². The zero-order chi connectivity index (χ0) is 18.7. The van der Waals surface area contributed by atoms with Crippen LogP contribution < -0.4 is 5.32 Å². The van der Waals surface area contributed by atoms with Crippen molar-refractivity contribution in [1.29, 1.82) is 0 Å². The number of morpholine rings is 1. The Kier molecular flexibility index (Phi) is 7.35. The number of ketones is 1. The second-order valence-corrected chi connectivity index (χ2v) is 8.33. The summed E-state index contributed by atoms with van der Waals surface area (Å²) < 4.78 is 32.2. The Labute approximate surface area is 165 Å². The predicted octanol–water partition coefficient (Wildman–Crippen LogP) is 0.132. The third kappa shape index (κ3) is 4.85. The summed E-state index contributed by atoms with van der Waals surface area (Å²) in [5.74, 6) is -0.158. The van der Waals surface area contributed by atoms with Gasteiger partial charge in [0.15, 0.2) is 5.78 Å². The first-order valence-electron chi connectivity index (χ1n) is 8.60. The molecule has 2 saturated heterocycles. The Morgan fingerprint density at radius 3 is 2.26 bits per heavy atom. The van der Waals surface area contributed by atoms with Crippen molar-refractivity contribution in [3.63, 3.8) is 0 Å². The average molecular weight is 418 g/mol. The third-order valence-corrected chi connectivity index (χ3v) is 6.58. The van der Waals surface area contributed by atoms with Crippen LogP contribution in [0.25, 0.3) is 0 Å². The predicted molar refractivity (Wildman–Crippen MR) is 102 cm³/mol. The van der Waals surface area contributed by atoms with Gasteiger partial charge >= 0.3 is 0 Å². The van der Waals surface area contributed by atoms with Crippen LogP contribution in [-0.4, -0.2) is 81.3 Å². The SMILES string of the molecule is CC(=O)c1ccc(S(=O)(=O)N2CCN(C(=O)C3COCCN3)CC2)cc1.Cl. The summed E-state index contributed by atoms with van der Waals surface area (Å²) in [5, 5.41) is 3.12. The van der Waals surface area contributed by atoms with Crippen LogP contribution in [0.4, 0.5) is 0 Å². The van der Waals surface area contributed by atoms with E-state index in [0.29, 0.717) is 38.4 Å². The van der Waals surface area contributed by atoms with Gasteiger partial charge in [-0.15, -0.1) is 12.4 Å². The summed E-state index contributed by atoms with van der Waals surface area (Å²) >= 11 is 0. The van der Waals surface area contributed by atoms with Crippen molar-refractivity contribution in [2.45, 2.75) is 17.9 Å². The van der Waals surface area contributed by atoms with E-state index in [-0.39, 0.29) is 48.1 Å². The first kappa shape index (κ1) is 21.8. The highest BCUT2D eigenvalue weighted by Gasteiger charge is 2.33. The molecule has 3 rings (SSSR count). The normalized spacial score (nSPS) is 21.4. The Bertz CT molecular complexity index is 770. The zero-order valence-electron chi connectivity index (χ0n) is 15.1. The van der Waals surface area contributed by atoms with Crippen LogP contribution in [0.2, 0.25) is 0 Å². The van der Waals surface area contributed by atoms with E-state index in [4.69, 9.17) is 4.74 Å². The standard InChI is InChI=1S/C17H23N3O5S.ClH/c1-13(21)14-2-4-15(5-3-14)26(23,24)20-9-7-19(8-10-20)17(22)16-12-25-11-6-18-16;/h2-5,16,18H,6-12H2,1H3;1H. The summed E-state index contributed by atoms with van der Waals surface area (Å²) in [6.07, 6.45) is 0. The number of hydrogen-bond donors (Lipinski definition) is 1. The largest absolute Gasteiger partial charge is 0.378 e. The van der Waals surface area contributed by atoms with Crippen LogP contribution in [0.1, 0.15) is 17.3 Å². The van der Waals surface area contributed by atoms with Crippen molar-refractivity contribution in [3.8, 4) is 0 Å². The number of ether oxygens (including phenoxy) is 1. The molecule has 8 nitrogen and oxygen atoms in total. The molecule has 2 fully saturated rings. The highest BCUT2D eigenvalue weighted by atomic mass is 35.5. The second-order valence-electron chi connectivity index (χ2n) is 6.39. The zero-order valence-corrected chi connectivity index (χ0v) is 16.7. The van der Waals surface area contributed by atoms with Crippen LogP contribution in [0, 0.1) is 0 Å². The lowest BCUT2D eigenvalue weighted by atomic mass is 10.2. The summed E-state index contributed by atoms with van der Waals surface area (Å²) in [7, 11) is -3.63. The molecule has 2 heterocycles. The highest BCUT2D eigenvalue weighted by molar-refractivity contribution is 7.89. The van der Waals surface area contributed by atoms with Gasteiger partial charge in [-0.2, -0.15) is 4.31 Å². The first-order valence-corrected chi connectivity index (χ1v) is 10.0. The molecule has 0 spiro atoms. The number of amides is 1. The fraction of sp³-hybridized carbons (Fsp3) is 0.529. The van der Waals surface area contributed by atoms with Crippen LogP contribution in [0.5, 0.6) is 0 Å². The quantitative estimate of drug-likeness (QED) is 0.700. The number of rotatable bonds is 4. The lowest BCUT2D eigenvalue weighted by molar-refractivity contribution is -0.137. The molecule has 1 N–H and O–H groups in total. The summed E-state index contributed by atoms with van der Waals surface area (Å²) in [6, 6.07) is 5.58. The van der Waals surface area contributed by atoms with E-state index in [1.807, 2.05) is 0 Å². The number of Topliss-reactive ketones (excluding diaryl/α,β-unsaturated/α-hetero) is 1. The van der Waals surface area contributed by atoms with Gasteiger partial charge in [0.1, 0.15) is 6.04 Å². The molecule has 10 heteroatoms. The van der Waals surface area contributed by atoms with Gasteiger partial charge in [-0.1, -0.05) is 12.1 Å². The maximum Gasteiger partial charge on any atom is 0.243 e. The Morgan fingerprint density at radius 2 is 1.74 bits per heavy atom. The molecule has 150 valence electrons. The van der Waals surface area contributed by atoms with Crippen LogP contribution in [-0.2, 0) is 19.6 Å². The Morgan fingerprint density at radius 1 is 1.11 bits per heavy atom. The van der Waals surface area contributed by atoms with E-state index in [0.717, 1.165) is 0 Å². The maximum absolute atomic E-state index is 12.8. The molecule has 27 heavy (non-hydrogen) atoms. The fourth-order valence-electron chi connectivity index (χ4n) is 3.10. The van der Waals surface area contributed by atoms with Crippen molar-refractivity contribution in [1.82, 2.24) is 14.5 Å². The Balaban J connectivity index is 0.00000261. The van der Waals surface area contributed by atoms with E-state index in [1.54, 1.807) is 4.90 Å². The number of halogens is 1. The minimum Gasteiger partial charge on any atom is -0.378 e. The monoisotopic (exact) mass is 417 g/mol. The maximum atomic E-state index is 12.8. The van der Waals surface area contributed by atoms with E-state index in [2.05, 4.69) is 5.32 Å². The van der Waals surface area contributed by atoms with Gasteiger partial charge in [-0.3, -0.25) is 9.59 Å². The summed E-state index contributed by atoms with van der Waals surface area (Å²) in [5.41, 5.74) is 0.474. The number of benzene rings is 1. The molecule has 0 bridgehead atoms. The number of carbonyl (C=O) groups is 2. The van der Waals surface area contributed by atoms with Gasteiger partial charge in [0.05, 0.1) is 18.1 Å². The van der Waals surface area contributed by atoms with Gasteiger partial charge in [0.25, 0.3) is 0 Å².